The average molecular weight is 569 g/mol. The zero-order chi connectivity index (χ0) is 29.3. The molecular formula is C31H40O8Si. The average Bonchev–Trinajstić information content (AvgIpc) is 3.38. The number of carbonyl (C=O) groups is 1. The van der Waals surface area contributed by atoms with E-state index in [4.69, 9.17) is 32.8 Å². The number of esters is 1. The fourth-order valence-corrected chi connectivity index (χ4v) is 7.33. The van der Waals surface area contributed by atoms with E-state index >= 15 is 0 Å². The zero-order valence-corrected chi connectivity index (χ0v) is 26.1. The molecule has 8 nitrogen and oxygen atoms in total. The fourth-order valence-electron chi connectivity index (χ4n) is 5.98. The van der Waals surface area contributed by atoms with Gasteiger partial charge in [0.25, 0.3) is 0 Å². The van der Waals surface area contributed by atoms with Gasteiger partial charge in [-0.1, -0.05) is 51.1 Å². The summed E-state index contributed by atoms with van der Waals surface area (Å²) in [6.07, 6.45) is -1.08. The Hall–Kier alpha value is -2.69. The van der Waals surface area contributed by atoms with Gasteiger partial charge in [-0.2, -0.15) is 0 Å². The molecule has 3 aliphatic rings. The molecule has 2 aromatic rings. The summed E-state index contributed by atoms with van der Waals surface area (Å²) in [6, 6.07) is 12.0. The Balaban J connectivity index is 1.75. The van der Waals surface area contributed by atoms with E-state index < -0.39 is 37.9 Å². The Kier molecular flexibility index (Phi) is 6.99. The van der Waals surface area contributed by atoms with Crippen molar-refractivity contribution in [3.05, 3.63) is 75.5 Å². The number of carbonyl (C=O) groups excluding carboxylic acids is 1. The van der Waals surface area contributed by atoms with Crippen LogP contribution in [0.1, 0.15) is 67.7 Å². The largest absolute Gasteiger partial charge is 0.497 e. The first kappa shape index (κ1) is 28.8. The third-order valence-corrected chi connectivity index (χ3v) is 13.4. The van der Waals surface area contributed by atoms with Gasteiger partial charge in [0, 0.05) is 19.8 Å². The molecule has 4 atom stereocenters. The van der Waals surface area contributed by atoms with Crippen LogP contribution in [0.15, 0.2) is 47.7 Å². The molecule has 1 aliphatic carbocycles. The normalized spacial score (nSPS) is 26.8. The van der Waals surface area contributed by atoms with Crippen LogP contribution >= 0.6 is 0 Å². The van der Waals surface area contributed by atoms with Crippen LogP contribution in [0.3, 0.4) is 0 Å². The summed E-state index contributed by atoms with van der Waals surface area (Å²) < 4.78 is 43.5. The van der Waals surface area contributed by atoms with Crippen molar-refractivity contribution < 1.29 is 37.6 Å². The van der Waals surface area contributed by atoms with E-state index in [-0.39, 0.29) is 5.04 Å². The molecule has 2 bridgehead atoms. The van der Waals surface area contributed by atoms with Gasteiger partial charge in [-0.05, 0) is 47.8 Å². The lowest BCUT2D eigenvalue weighted by Gasteiger charge is -2.54. The van der Waals surface area contributed by atoms with Gasteiger partial charge in [-0.15, -0.1) is 0 Å². The lowest BCUT2D eigenvalue weighted by atomic mass is 9.70. The Labute approximate surface area is 237 Å². The third-order valence-electron chi connectivity index (χ3n) is 8.98. The van der Waals surface area contributed by atoms with E-state index in [9.17, 15) is 4.79 Å². The number of rotatable bonds is 9. The molecule has 0 spiro atoms. The van der Waals surface area contributed by atoms with Crippen molar-refractivity contribution in [3.63, 3.8) is 0 Å². The second kappa shape index (κ2) is 9.70. The Morgan fingerprint density at radius 1 is 1.02 bits per heavy atom. The molecule has 9 heteroatoms. The molecule has 0 aromatic heterocycles. The van der Waals surface area contributed by atoms with Gasteiger partial charge in [0.05, 0.1) is 19.8 Å². The van der Waals surface area contributed by atoms with Gasteiger partial charge in [-0.3, -0.25) is 0 Å². The molecule has 4 unspecified atom stereocenters. The summed E-state index contributed by atoms with van der Waals surface area (Å²) in [5.41, 5.74) is 3.46. The standard InChI is InChI=1S/C31H40O8Si/c1-29(2,3)40(9,10)39-31(36-8)22-20(27(31)34-6)16-19-21(25(22)37-17-18-14-12-11-13-15-18)30(4)23(28(32)35-7)26(33-5)24(19)38-30/h11-16,24,27H,17H2,1-10H3. The third kappa shape index (κ3) is 3.89. The van der Waals surface area contributed by atoms with Crippen LogP contribution < -0.4 is 4.74 Å². The van der Waals surface area contributed by atoms with Crippen molar-refractivity contribution in [1.29, 1.82) is 0 Å². The summed E-state index contributed by atoms with van der Waals surface area (Å²) in [7, 11) is 3.82. The summed E-state index contributed by atoms with van der Waals surface area (Å²) in [4.78, 5) is 13.1. The molecule has 0 radical (unpaired) electrons. The number of hydrogen-bond acceptors (Lipinski definition) is 8. The molecule has 5 rings (SSSR count). The van der Waals surface area contributed by atoms with Crippen molar-refractivity contribution in [2.24, 2.45) is 0 Å². The Morgan fingerprint density at radius 3 is 2.25 bits per heavy atom. The quantitative estimate of drug-likeness (QED) is 0.202. The predicted octanol–water partition coefficient (Wildman–Crippen LogP) is 6.16. The van der Waals surface area contributed by atoms with Gasteiger partial charge in [0.2, 0.25) is 5.79 Å². The molecule has 0 fully saturated rings. The van der Waals surface area contributed by atoms with Crippen LogP contribution in [0.4, 0.5) is 0 Å². The molecule has 0 amide bonds. The second-order valence-corrected chi connectivity index (χ2v) is 16.9. The highest BCUT2D eigenvalue weighted by atomic mass is 28.4. The van der Waals surface area contributed by atoms with E-state index in [0.717, 1.165) is 27.8 Å². The van der Waals surface area contributed by atoms with Crippen LogP contribution in [0.2, 0.25) is 18.1 Å². The maximum Gasteiger partial charge on any atom is 0.340 e. The predicted molar refractivity (Wildman–Crippen MR) is 151 cm³/mol. The topological polar surface area (TPSA) is 81.7 Å². The van der Waals surface area contributed by atoms with Gasteiger partial charge < -0.3 is 32.8 Å². The second-order valence-electron chi connectivity index (χ2n) is 12.2. The minimum Gasteiger partial charge on any atom is -0.497 e. The smallest absolute Gasteiger partial charge is 0.340 e. The van der Waals surface area contributed by atoms with Crippen molar-refractivity contribution in [2.45, 2.75) is 76.0 Å². The lowest BCUT2D eigenvalue weighted by Crippen LogP contribution is -2.57. The van der Waals surface area contributed by atoms with Crippen LogP contribution in [0.25, 0.3) is 0 Å². The molecular weight excluding hydrogens is 528 g/mol. The Morgan fingerprint density at radius 2 is 1.70 bits per heavy atom. The number of ether oxygens (including phenoxy) is 6. The summed E-state index contributed by atoms with van der Waals surface area (Å²) in [5, 5.41) is -0.0866. The first-order chi connectivity index (χ1) is 18.8. The highest BCUT2D eigenvalue weighted by Gasteiger charge is 2.65. The molecule has 2 heterocycles. The highest BCUT2D eigenvalue weighted by Crippen LogP contribution is 2.67. The lowest BCUT2D eigenvalue weighted by molar-refractivity contribution is -0.274. The Bertz CT molecular complexity index is 1360. The van der Waals surface area contributed by atoms with Crippen molar-refractivity contribution in [3.8, 4) is 5.75 Å². The maximum atomic E-state index is 13.1. The van der Waals surface area contributed by atoms with Crippen molar-refractivity contribution in [2.75, 3.05) is 28.4 Å². The van der Waals surface area contributed by atoms with E-state index in [0.29, 0.717) is 23.7 Å². The summed E-state index contributed by atoms with van der Waals surface area (Å²) in [6.45, 7) is 13.1. The van der Waals surface area contributed by atoms with Crippen LogP contribution in [0.5, 0.6) is 5.75 Å². The molecule has 2 aromatic carbocycles. The van der Waals surface area contributed by atoms with E-state index in [1.165, 1.54) is 7.11 Å². The summed E-state index contributed by atoms with van der Waals surface area (Å²) in [5.74, 6) is -0.688. The minimum atomic E-state index is -2.38. The zero-order valence-electron chi connectivity index (χ0n) is 25.1. The van der Waals surface area contributed by atoms with Gasteiger partial charge in [-0.25, -0.2) is 4.79 Å². The van der Waals surface area contributed by atoms with E-state index in [1.807, 2.05) is 37.3 Å². The summed E-state index contributed by atoms with van der Waals surface area (Å²) >= 11 is 0. The van der Waals surface area contributed by atoms with Crippen LogP contribution in [0, 0.1) is 0 Å². The molecule has 216 valence electrons. The maximum absolute atomic E-state index is 13.1. The van der Waals surface area contributed by atoms with Gasteiger partial charge in [0.15, 0.2) is 8.32 Å². The first-order valence-corrected chi connectivity index (χ1v) is 16.4. The molecule has 0 saturated heterocycles. The number of hydrogen-bond donors (Lipinski definition) is 0. The number of fused-ring (bicyclic) bond motifs is 6. The first-order valence-electron chi connectivity index (χ1n) is 13.5. The molecule has 0 saturated carbocycles. The fraction of sp³-hybridized carbons (Fsp3) is 0.516. The molecule has 2 aliphatic heterocycles. The minimum absolute atomic E-state index is 0.0866. The van der Waals surface area contributed by atoms with Crippen molar-refractivity contribution in [1.82, 2.24) is 0 Å². The number of methoxy groups -OCH3 is 4. The van der Waals surface area contributed by atoms with Crippen molar-refractivity contribution >= 4 is 14.3 Å². The highest BCUT2D eigenvalue weighted by molar-refractivity contribution is 6.74. The van der Waals surface area contributed by atoms with Gasteiger partial charge >= 0.3 is 5.97 Å². The SMILES string of the molecule is COC(=O)C1=C(OC)C2OC1(C)c1c2cc2c(c1OCc1ccccc1)C(OC)(O[Si](C)(C)C(C)(C)C)C2OC. The monoisotopic (exact) mass is 568 g/mol. The van der Waals surface area contributed by atoms with E-state index in [2.05, 4.69) is 39.9 Å². The molecule has 0 N–H and O–H groups in total. The van der Waals surface area contributed by atoms with E-state index in [1.54, 1.807) is 21.3 Å². The number of benzene rings is 2. The van der Waals surface area contributed by atoms with Crippen LogP contribution in [-0.4, -0.2) is 42.7 Å². The van der Waals surface area contributed by atoms with Crippen LogP contribution in [-0.2, 0) is 50.9 Å². The molecule has 40 heavy (non-hydrogen) atoms. The van der Waals surface area contributed by atoms with Gasteiger partial charge in [0.1, 0.15) is 41.5 Å².